The Morgan fingerprint density at radius 2 is 1.56 bits per heavy atom. The van der Waals surface area contributed by atoms with Gasteiger partial charge in [-0.05, 0) is 30.4 Å². The molecule has 0 spiro atoms. The molecule has 2 N–H and O–H groups in total. The Labute approximate surface area is 149 Å². The van der Waals surface area contributed by atoms with Gasteiger partial charge in [-0.1, -0.05) is 0 Å². The van der Waals surface area contributed by atoms with Crippen molar-refractivity contribution in [2.24, 2.45) is 0 Å². The lowest BCUT2D eigenvalue weighted by atomic mass is 10.1. The molecule has 3 nitrogen and oxygen atoms in total. The summed E-state index contributed by atoms with van der Waals surface area (Å²) in [5.74, 6) is -5.58. The van der Waals surface area contributed by atoms with Gasteiger partial charge in [0.1, 0.15) is 6.42 Å². The minimum atomic E-state index is -5.61. The van der Waals surface area contributed by atoms with Crippen LogP contribution in [0.15, 0.2) is 18.2 Å². The molecular formula is C13H7F10N3S. The SMILES string of the molecule is N#Cc1ccc(NC(=S)NC(F)(F)C(F)(F)CC(F)(F)F)cc1C(F)(F)F. The van der Waals surface area contributed by atoms with Crippen molar-refractivity contribution >= 4 is 23.0 Å². The van der Waals surface area contributed by atoms with Crippen LogP contribution in [0.25, 0.3) is 0 Å². The van der Waals surface area contributed by atoms with Gasteiger partial charge in [0.2, 0.25) is 0 Å². The van der Waals surface area contributed by atoms with Crippen LogP contribution in [-0.4, -0.2) is 23.3 Å². The summed E-state index contributed by atoms with van der Waals surface area (Å²) in [7, 11) is 0. The quantitative estimate of drug-likeness (QED) is 0.402. The Kier molecular flexibility index (Phi) is 6.21. The van der Waals surface area contributed by atoms with Crippen molar-refractivity contribution < 1.29 is 43.9 Å². The number of alkyl halides is 10. The highest BCUT2D eigenvalue weighted by Gasteiger charge is 2.61. The number of benzene rings is 1. The van der Waals surface area contributed by atoms with Gasteiger partial charge in [0, 0.05) is 5.69 Å². The fraction of sp³-hybridized carbons (Fsp3) is 0.385. The van der Waals surface area contributed by atoms with Crippen LogP contribution in [-0.2, 0) is 6.18 Å². The van der Waals surface area contributed by atoms with E-state index in [0.717, 1.165) is 6.07 Å². The first-order chi connectivity index (χ1) is 12.0. The molecule has 0 aliphatic heterocycles. The summed E-state index contributed by atoms with van der Waals surface area (Å²) in [5.41, 5.74) is -2.89. The van der Waals surface area contributed by atoms with Crippen LogP contribution in [0.4, 0.5) is 49.6 Å². The summed E-state index contributed by atoms with van der Waals surface area (Å²) in [4.78, 5) is 0. The van der Waals surface area contributed by atoms with Gasteiger partial charge in [0.25, 0.3) is 0 Å². The van der Waals surface area contributed by atoms with Crippen molar-refractivity contribution in [3.63, 3.8) is 0 Å². The summed E-state index contributed by atoms with van der Waals surface area (Å²) in [6, 6.07) is -2.47. The lowest BCUT2D eigenvalue weighted by molar-refractivity contribution is -0.268. The highest BCUT2D eigenvalue weighted by Crippen LogP contribution is 2.41. The fourth-order valence-corrected chi connectivity index (χ4v) is 1.96. The molecule has 0 saturated heterocycles. The largest absolute Gasteiger partial charge is 0.417 e. The van der Waals surface area contributed by atoms with E-state index in [0.29, 0.717) is 17.4 Å². The summed E-state index contributed by atoms with van der Waals surface area (Å²) >= 11 is 4.23. The lowest BCUT2D eigenvalue weighted by Crippen LogP contribution is -2.56. The molecule has 0 fully saturated rings. The molecule has 0 amide bonds. The molecule has 14 heteroatoms. The maximum atomic E-state index is 13.4. The number of thiocarbonyl (C=S) groups is 1. The van der Waals surface area contributed by atoms with Gasteiger partial charge in [-0.25, -0.2) is 0 Å². The molecule has 0 bridgehead atoms. The van der Waals surface area contributed by atoms with E-state index in [4.69, 9.17) is 5.26 Å². The molecule has 0 atom stereocenters. The standard InChI is InChI=1S/C13H7F10N3S/c14-10(15,5-11(16,17)18)13(22,23)26-9(27)25-7-2-1-6(4-24)8(3-7)12(19,20)21/h1-3H,5H2,(H2,25,26,27). The molecule has 0 unspecified atom stereocenters. The van der Waals surface area contributed by atoms with Gasteiger partial charge in [-0.2, -0.15) is 49.2 Å². The molecule has 0 saturated carbocycles. The van der Waals surface area contributed by atoms with E-state index < -0.39 is 52.7 Å². The van der Waals surface area contributed by atoms with Crippen molar-refractivity contribution in [2.45, 2.75) is 30.7 Å². The van der Waals surface area contributed by atoms with Crippen LogP contribution in [0.2, 0.25) is 0 Å². The van der Waals surface area contributed by atoms with E-state index in [2.05, 4.69) is 12.2 Å². The molecule has 1 rings (SSSR count). The Morgan fingerprint density at radius 3 is 2.00 bits per heavy atom. The fourth-order valence-electron chi connectivity index (χ4n) is 1.71. The summed E-state index contributed by atoms with van der Waals surface area (Å²) in [6.45, 7) is 0. The van der Waals surface area contributed by atoms with Crippen LogP contribution in [0, 0.1) is 11.3 Å². The summed E-state index contributed by atoms with van der Waals surface area (Å²) < 4.78 is 127. The molecule has 0 aliphatic carbocycles. The van der Waals surface area contributed by atoms with E-state index in [-0.39, 0.29) is 0 Å². The Morgan fingerprint density at radius 1 is 1.00 bits per heavy atom. The number of nitriles is 1. The molecule has 0 heterocycles. The topological polar surface area (TPSA) is 47.9 Å². The van der Waals surface area contributed by atoms with Crippen molar-refractivity contribution in [1.82, 2.24) is 5.32 Å². The molecule has 0 aliphatic rings. The highest BCUT2D eigenvalue weighted by molar-refractivity contribution is 7.80. The monoisotopic (exact) mass is 427 g/mol. The van der Waals surface area contributed by atoms with E-state index in [1.807, 2.05) is 0 Å². The molecule has 150 valence electrons. The molecular weight excluding hydrogens is 420 g/mol. The number of rotatable bonds is 4. The van der Waals surface area contributed by atoms with Gasteiger partial charge >= 0.3 is 24.3 Å². The third kappa shape index (κ3) is 6.12. The molecule has 27 heavy (non-hydrogen) atoms. The van der Waals surface area contributed by atoms with Crippen molar-refractivity contribution in [1.29, 1.82) is 5.26 Å². The van der Waals surface area contributed by atoms with Crippen LogP contribution in [0.3, 0.4) is 0 Å². The van der Waals surface area contributed by atoms with Gasteiger partial charge in [-0.3, -0.25) is 5.32 Å². The molecule has 1 aromatic carbocycles. The van der Waals surface area contributed by atoms with Crippen molar-refractivity contribution in [3.8, 4) is 6.07 Å². The lowest BCUT2D eigenvalue weighted by Gasteiger charge is -2.28. The average Bonchev–Trinajstić information content (AvgIpc) is 2.42. The van der Waals surface area contributed by atoms with Crippen LogP contribution in [0.5, 0.6) is 0 Å². The number of nitrogens with zero attached hydrogens (tertiary/aromatic N) is 1. The zero-order valence-corrected chi connectivity index (χ0v) is 13.4. The van der Waals surface area contributed by atoms with Crippen LogP contribution in [0.1, 0.15) is 17.5 Å². The second kappa shape index (κ2) is 7.37. The van der Waals surface area contributed by atoms with E-state index in [1.165, 1.54) is 6.07 Å². The van der Waals surface area contributed by atoms with Crippen LogP contribution < -0.4 is 10.6 Å². The number of hydrogen-bond acceptors (Lipinski definition) is 2. The summed E-state index contributed by atoms with van der Waals surface area (Å²) in [6.07, 6.45) is -13.8. The number of halogens is 10. The number of nitrogens with one attached hydrogen (secondary N) is 2. The van der Waals surface area contributed by atoms with E-state index >= 15 is 0 Å². The zero-order chi connectivity index (χ0) is 21.3. The summed E-state index contributed by atoms with van der Waals surface area (Å²) in [5, 5.41) is 9.60. The predicted molar refractivity (Wildman–Crippen MR) is 76.1 cm³/mol. The number of hydrogen-bond donors (Lipinski definition) is 2. The average molecular weight is 427 g/mol. The maximum Gasteiger partial charge on any atom is 0.417 e. The highest BCUT2D eigenvalue weighted by atomic mass is 32.1. The molecule has 0 radical (unpaired) electrons. The molecule has 0 aromatic heterocycles. The normalized spacial score (nSPS) is 13.1. The second-order valence-electron chi connectivity index (χ2n) is 5.02. The predicted octanol–water partition coefficient (Wildman–Crippen LogP) is 5.04. The van der Waals surface area contributed by atoms with E-state index in [9.17, 15) is 43.9 Å². The van der Waals surface area contributed by atoms with Gasteiger partial charge in [0.15, 0.2) is 5.11 Å². The van der Waals surface area contributed by atoms with Crippen molar-refractivity contribution in [2.75, 3.05) is 5.32 Å². The van der Waals surface area contributed by atoms with Gasteiger partial charge in [0.05, 0.1) is 17.2 Å². The minimum Gasteiger partial charge on any atom is -0.333 e. The zero-order valence-electron chi connectivity index (χ0n) is 12.6. The second-order valence-corrected chi connectivity index (χ2v) is 5.43. The Bertz CT molecular complexity index is 748. The van der Waals surface area contributed by atoms with Crippen molar-refractivity contribution in [3.05, 3.63) is 29.3 Å². The smallest absolute Gasteiger partial charge is 0.333 e. The third-order valence-corrected chi connectivity index (χ3v) is 3.06. The minimum absolute atomic E-state index is 0.290. The Balaban J connectivity index is 2.99. The third-order valence-electron chi connectivity index (χ3n) is 2.86. The number of anilines is 1. The first kappa shape index (κ1) is 22.7. The maximum absolute atomic E-state index is 13.4. The first-order valence-corrected chi connectivity index (χ1v) is 6.92. The Hall–Kier alpha value is -2.30. The van der Waals surface area contributed by atoms with E-state index in [1.54, 1.807) is 5.32 Å². The van der Waals surface area contributed by atoms with Gasteiger partial charge < -0.3 is 5.32 Å². The van der Waals surface area contributed by atoms with Gasteiger partial charge in [-0.15, -0.1) is 0 Å². The van der Waals surface area contributed by atoms with Crippen LogP contribution >= 0.6 is 12.2 Å². The first-order valence-electron chi connectivity index (χ1n) is 6.51. The molecule has 1 aromatic rings.